The highest BCUT2D eigenvalue weighted by Crippen LogP contribution is 2.30. The number of carbonyl (C=O) groups is 2. The van der Waals surface area contributed by atoms with Gasteiger partial charge in [-0.1, -0.05) is 49.1 Å². The van der Waals surface area contributed by atoms with E-state index in [1.807, 2.05) is 12.1 Å². The Kier molecular flexibility index (Phi) is 7.76. The molecule has 2 N–H and O–H groups in total. The first kappa shape index (κ1) is 22.7. The number of para-hydroxylation sites is 1. The predicted molar refractivity (Wildman–Crippen MR) is 131 cm³/mol. The van der Waals surface area contributed by atoms with Gasteiger partial charge in [-0.25, -0.2) is 0 Å². The van der Waals surface area contributed by atoms with E-state index in [4.69, 9.17) is 11.6 Å². The lowest BCUT2D eigenvalue weighted by Crippen LogP contribution is -2.37. The molecule has 1 aliphatic carbocycles. The van der Waals surface area contributed by atoms with Crippen LogP contribution in [0.4, 0.5) is 0 Å². The summed E-state index contributed by atoms with van der Waals surface area (Å²) < 4.78 is 2.14. The third-order valence-electron chi connectivity index (χ3n) is 5.83. The van der Waals surface area contributed by atoms with E-state index in [1.165, 1.54) is 19.3 Å². The minimum Gasteiger partial charge on any atom is -0.353 e. The lowest BCUT2D eigenvalue weighted by Gasteiger charge is -2.22. The number of fused-ring (bicyclic) bond motifs is 1. The molecule has 5 nitrogen and oxygen atoms in total. The van der Waals surface area contributed by atoms with Crippen LogP contribution < -0.4 is 10.6 Å². The molecule has 1 fully saturated rings. The summed E-state index contributed by atoms with van der Waals surface area (Å²) >= 11 is 7.46. The zero-order chi connectivity index (χ0) is 22.3. The largest absolute Gasteiger partial charge is 0.353 e. The molecule has 1 aliphatic rings. The Balaban J connectivity index is 1.35. The molecule has 0 bridgehead atoms. The number of nitrogens with zero attached hydrogens (tertiary/aromatic N) is 1. The molecular weight excluding hydrogens is 442 g/mol. The number of amides is 2. The van der Waals surface area contributed by atoms with Crippen LogP contribution in [-0.2, 0) is 11.3 Å². The molecule has 2 aromatic carbocycles. The van der Waals surface area contributed by atoms with Crippen LogP contribution in [0, 0.1) is 0 Å². The van der Waals surface area contributed by atoms with Crippen molar-refractivity contribution >= 4 is 46.1 Å². The summed E-state index contributed by atoms with van der Waals surface area (Å²) in [5.74, 6) is 0.402. The second-order valence-electron chi connectivity index (χ2n) is 8.16. The standard InChI is InChI=1S/C25H28ClN3O2S/c26-19-12-10-18(11-13-19)25(31)27-14-15-29-16-23(21-8-4-5-9-22(21)29)32-17-24(30)28-20-6-2-1-3-7-20/h4-5,8-13,16,20H,1-3,6-7,14-15,17H2,(H,27,31)(H,28,30). The fourth-order valence-corrected chi connectivity index (χ4v) is 5.19. The first-order chi connectivity index (χ1) is 15.6. The van der Waals surface area contributed by atoms with Crippen LogP contribution in [0.3, 0.4) is 0 Å². The number of nitrogens with one attached hydrogen (secondary N) is 2. The third kappa shape index (κ3) is 5.87. The SMILES string of the molecule is O=C(CSc1cn(CCNC(=O)c2ccc(Cl)cc2)c2ccccc12)NC1CCCCC1. The first-order valence-electron chi connectivity index (χ1n) is 11.1. The highest BCUT2D eigenvalue weighted by Gasteiger charge is 2.17. The topological polar surface area (TPSA) is 63.1 Å². The van der Waals surface area contributed by atoms with E-state index in [-0.39, 0.29) is 11.8 Å². The maximum atomic E-state index is 12.4. The van der Waals surface area contributed by atoms with Gasteiger partial charge in [0.2, 0.25) is 5.91 Å². The molecule has 1 aromatic heterocycles. The van der Waals surface area contributed by atoms with Crippen molar-refractivity contribution in [2.75, 3.05) is 12.3 Å². The third-order valence-corrected chi connectivity index (χ3v) is 7.12. The van der Waals surface area contributed by atoms with Crippen LogP contribution in [0.25, 0.3) is 10.9 Å². The molecular formula is C25H28ClN3O2S. The second-order valence-corrected chi connectivity index (χ2v) is 9.61. The molecule has 0 spiro atoms. The summed E-state index contributed by atoms with van der Waals surface area (Å²) in [5.41, 5.74) is 1.69. The Hall–Kier alpha value is -2.44. The van der Waals surface area contributed by atoms with E-state index < -0.39 is 0 Å². The first-order valence-corrected chi connectivity index (χ1v) is 12.5. The van der Waals surface area contributed by atoms with Gasteiger partial charge in [0.05, 0.1) is 5.75 Å². The van der Waals surface area contributed by atoms with Crippen LogP contribution in [0.1, 0.15) is 42.5 Å². The molecule has 32 heavy (non-hydrogen) atoms. The molecule has 7 heteroatoms. The lowest BCUT2D eigenvalue weighted by atomic mass is 9.95. The number of aromatic nitrogens is 1. The maximum Gasteiger partial charge on any atom is 0.251 e. The molecule has 0 atom stereocenters. The predicted octanol–water partition coefficient (Wildman–Crippen LogP) is 5.27. The molecule has 1 heterocycles. The molecule has 4 rings (SSSR count). The number of halogens is 1. The van der Waals surface area contributed by atoms with Crippen LogP contribution in [0.15, 0.2) is 59.6 Å². The molecule has 0 aliphatic heterocycles. The van der Waals surface area contributed by atoms with E-state index in [2.05, 4.69) is 33.5 Å². The van der Waals surface area contributed by atoms with E-state index in [0.29, 0.717) is 35.5 Å². The number of hydrogen-bond donors (Lipinski definition) is 2. The van der Waals surface area contributed by atoms with Crippen molar-refractivity contribution in [2.45, 2.75) is 49.6 Å². The summed E-state index contributed by atoms with van der Waals surface area (Å²) in [6.45, 7) is 1.15. The number of hydrogen-bond acceptors (Lipinski definition) is 3. The number of rotatable bonds is 8. The molecule has 3 aromatic rings. The second kappa shape index (κ2) is 10.9. The number of carbonyl (C=O) groups excluding carboxylic acids is 2. The van der Waals surface area contributed by atoms with Crippen molar-refractivity contribution < 1.29 is 9.59 Å². The number of thioether (sulfide) groups is 1. The Morgan fingerprint density at radius 3 is 2.56 bits per heavy atom. The summed E-state index contributed by atoms with van der Waals surface area (Å²) in [6.07, 6.45) is 7.97. The minimum atomic E-state index is -0.118. The normalized spacial score (nSPS) is 14.4. The van der Waals surface area contributed by atoms with E-state index in [9.17, 15) is 9.59 Å². The minimum absolute atomic E-state index is 0.106. The van der Waals surface area contributed by atoms with Crippen LogP contribution in [-0.4, -0.2) is 34.7 Å². The lowest BCUT2D eigenvalue weighted by molar-refractivity contribution is -0.119. The smallest absolute Gasteiger partial charge is 0.251 e. The van der Waals surface area contributed by atoms with Crippen molar-refractivity contribution in [3.63, 3.8) is 0 Å². The van der Waals surface area contributed by atoms with Gasteiger partial charge in [0.1, 0.15) is 0 Å². The highest BCUT2D eigenvalue weighted by molar-refractivity contribution is 8.00. The molecule has 0 radical (unpaired) electrons. The zero-order valence-corrected chi connectivity index (χ0v) is 19.6. The average Bonchev–Trinajstić information content (AvgIpc) is 3.16. The Morgan fingerprint density at radius 1 is 1.03 bits per heavy atom. The van der Waals surface area contributed by atoms with Gasteiger partial charge in [0.25, 0.3) is 5.91 Å². The Morgan fingerprint density at radius 2 is 1.78 bits per heavy atom. The van der Waals surface area contributed by atoms with Gasteiger partial charge in [-0.2, -0.15) is 0 Å². The van der Waals surface area contributed by atoms with Gasteiger partial charge in [0.15, 0.2) is 0 Å². The van der Waals surface area contributed by atoms with Crippen molar-refractivity contribution in [1.82, 2.24) is 15.2 Å². The average molecular weight is 470 g/mol. The van der Waals surface area contributed by atoms with E-state index >= 15 is 0 Å². The van der Waals surface area contributed by atoms with Crippen molar-refractivity contribution in [3.05, 3.63) is 65.3 Å². The Bertz CT molecular complexity index is 1070. The number of benzene rings is 2. The van der Waals surface area contributed by atoms with Crippen molar-refractivity contribution in [3.8, 4) is 0 Å². The molecule has 1 saturated carbocycles. The van der Waals surface area contributed by atoms with Gasteiger partial charge in [-0.3, -0.25) is 9.59 Å². The summed E-state index contributed by atoms with van der Waals surface area (Å²) in [7, 11) is 0. The highest BCUT2D eigenvalue weighted by atomic mass is 35.5. The van der Waals surface area contributed by atoms with E-state index in [1.54, 1.807) is 36.0 Å². The summed E-state index contributed by atoms with van der Waals surface area (Å²) in [5, 5.41) is 7.89. The van der Waals surface area contributed by atoms with Gasteiger partial charge < -0.3 is 15.2 Å². The van der Waals surface area contributed by atoms with Gasteiger partial charge in [0, 0.05) is 51.7 Å². The fourth-order valence-electron chi connectivity index (χ4n) is 4.17. The van der Waals surface area contributed by atoms with Crippen molar-refractivity contribution in [2.24, 2.45) is 0 Å². The molecule has 0 saturated heterocycles. The van der Waals surface area contributed by atoms with E-state index in [0.717, 1.165) is 28.6 Å². The van der Waals surface area contributed by atoms with Gasteiger partial charge in [-0.05, 0) is 43.2 Å². The van der Waals surface area contributed by atoms with Crippen molar-refractivity contribution in [1.29, 1.82) is 0 Å². The van der Waals surface area contributed by atoms with Crippen LogP contribution in [0.5, 0.6) is 0 Å². The van der Waals surface area contributed by atoms with Crippen LogP contribution in [0.2, 0.25) is 5.02 Å². The summed E-state index contributed by atoms with van der Waals surface area (Å²) in [4.78, 5) is 25.9. The molecule has 0 unspecified atom stereocenters. The van der Waals surface area contributed by atoms with Gasteiger partial charge in [-0.15, -0.1) is 11.8 Å². The quantitative estimate of drug-likeness (QED) is 0.442. The molecule has 168 valence electrons. The maximum absolute atomic E-state index is 12.4. The fraction of sp³-hybridized carbons (Fsp3) is 0.360. The van der Waals surface area contributed by atoms with Crippen LogP contribution >= 0.6 is 23.4 Å². The monoisotopic (exact) mass is 469 g/mol. The molecule has 2 amide bonds. The van der Waals surface area contributed by atoms with Gasteiger partial charge >= 0.3 is 0 Å². The zero-order valence-electron chi connectivity index (χ0n) is 18.0. The Labute approximate surface area is 197 Å². The summed E-state index contributed by atoms with van der Waals surface area (Å²) in [6, 6.07) is 15.4.